The minimum atomic E-state index is -4.47. The van der Waals surface area contributed by atoms with Crippen LogP contribution < -0.4 is 5.32 Å². The van der Waals surface area contributed by atoms with Gasteiger partial charge in [-0.05, 0) is 37.5 Å². The molecule has 114 valence electrons. The normalized spacial score (nSPS) is 22.0. The zero-order chi connectivity index (χ0) is 15.6. The van der Waals surface area contributed by atoms with Gasteiger partial charge in [0.1, 0.15) is 0 Å². The Morgan fingerprint density at radius 1 is 1.19 bits per heavy atom. The van der Waals surface area contributed by atoms with E-state index in [2.05, 4.69) is 5.32 Å². The minimum Gasteiger partial charge on any atom is -0.481 e. The fourth-order valence-corrected chi connectivity index (χ4v) is 2.46. The number of hydrogen-bond acceptors (Lipinski definition) is 2. The zero-order valence-corrected chi connectivity index (χ0v) is 11.0. The van der Waals surface area contributed by atoms with Gasteiger partial charge < -0.3 is 10.4 Å². The summed E-state index contributed by atoms with van der Waals surface area (Å²) in [6.45, 7) is 0. The van der Waals surface area contributed by atoms with Crippen LogP contribution in [0, 0.1) is 11.8 Å². The third kappa shape index (κ3) is 3.74. The molecule has 7 heteroatoms. The first-order chi connectivity index (χ1) is 9.77. The SMILES string of the molecule is O=C(O)[C@H]1CC[C@@H](C(=O)Nc2cccc(C(F)(F)F)c2)C1. The summed E-state index contributed by atoms with van der Waals surface area (Å²) in [6, 6.07) is 4.37. The third-order valence-electron chi connectivity index (χ3n) is 3.61. The van der Waals surface area contributed by atoms with Gasteiger partial charge in [-0.2, -0.15) is 13.2 Å². The van der Waals surface area contributed by atoms with E-state index in [4.69, 9.17) is 5.11 Å². The van der Waals surface area contributed by atoms with Crippen LogP contribution in [0.4, 0.5) is 18.9 Å². The van der Waals surface area contributed by atoms with Gasteiger partial charge in [-0.1, -0.05) is 6.07 Å². The smallest absolute Gasteiger partial charge is 0.416 e. The zero-order valence-electron chi connectivity index (χ0n) is 11.0. The van der Waals surface area contributed by atoms with Crippen LogP contribution in [0.3, 0.4) is 0 Å². The summed E-state index contributed by atoms with van der Waals surface area (Å²) in [5, 5.41) is 11.3. The van der Waals surface area contributed by atoms with Gasteiger partial charge in [0.15, 0.2) is 0 Å². The van der Waals surface area contributed by atoms with Crippen LogP contribution in [-0.2, 0) is 15.8 Å². The number of amides is 1. The second-order valence-electron chi connectivity index (χ2n) is 5.11. The molecule has 1 aromatic rings. The Kier molecular flexibility index (Phi) is 4.20. The number of halogens is 3. The number of carboxylic acid groups (broad SMARTS) is 1. The third-order valence-corrected chi connectivity index (χ3v) is 3.61. The first-order valence-electron chi connectivity index (χ1n) is 6.48. The maximum atomic E-state index is 12.6. The summed E-state index contributed by atoms with van der Waals surface area (Å²) in [5.74, 6) is -2.40. The molecule has 21 heavy (non-hydrogen) atoms. The summed E-state index contributed by atoms with van der Waals surface area (Å²) in [6.07, 6.45) is -3.40. The van der Waals surface area contributed by atoms with Gasteiger partial charge in [0, 0.05) is 11.6 Å². The summed E-state index contributed by atoms with van der Waals surface area (Å²) in [5.41, 5.74) is -0.774. The molecule has 0 aliphatic heterocycles. The number of nitrogens with one attached hydrogen (secondary N) is 1. The Morgan fingerprint density at radius 2 is 1.86 bits per heavy atom. The molecule has 0 heterocycles. The molecule has 4 nitrogen and oxygen atoms in total. The molecule has 1 aromatic carbocycles. The lowest BCUT2D eigenvalue weighted by molar-refractivity contribution is -0.141. The lowest BCUT2D eigenvalue weighted by atomic mass is 10.0. The number of alkyl halides is 3. The highest BCUT2D eigenvalue weighted by atomic mass is 19.4. The number of benzene rings is 1. The summed E-state index contributed by atoms with van der Waals surface area (Å²) < 4.78 is 37.7. The van der Waals surface area contributed by atoms with Crippen molar-refractivity contribution in [3.8, 4) is 0 Å². The van der Waals surface area contributed by atoms with E-state index in [1.807, 2.05) is 0 Å². The van der Waals surface area contributed by atoms with Crippen molar-refractivity contribution in [2.75, 3.05) is 5.32 Å². The molecule has 1 amide bonds. The second kappa shape index (κ2) is 5.75. The standard InChI is InChI=1S/C14H14F3NO3/c15-14(16,17)10-2-1-3-11(7-10)18-12(19)8-4-5-9(6-8)13(20)21/h1-3,7-9H,4-6H2,(H,18,19)(H,20,21)/t8-,9+/m1/s1. The lowest BCUT2D eigenvalue weighted by Crippen LogP contribution is -2.22. The molecule has 0 spiro atoms. The van der Waals surface area contributed by atoms with Crippen LogP contribution in [0.25, 0.3) is 0 Å². The van der Waals surface area contributed by atoms with Gasteiger partial charge >= 0.3 is 12.1 Å². The average molecular weight is 301 g/mol. The van der Waals surface area contributed by atoms with Crippen molar-refractivity contribution in [2.24, 2.45) is 11.8 Å². The molecule has 2 atom stereocenters. The Labute approximate surface area is 119 Å². The van der Waals surface area contributed by atoms with Crippen molar-refractivity contribution in [1.82, 2.24) is 0 Å². The molecule has 0 aromatic heterocycles. The minimum absolute atomic E-state index is 0.0635. The first kappa shape index (κ1) is 15.3. The van der Waals surface area contributed by atoms with Crippen LogP contribution in [0.1, 0.15) is 24.8 Å². The highest BCUT2D eigenvalue weighted by Gasteiger charge is 2.34. The number of aliphatic carboxylic acids is 1. The molecular formula is C14H14F3NO3. The number of carbonyl (C=O) groups excluding carboxylic acids is 1. The summed E-state index contributed by atoms with van der Waals surface area (Å²) in [4.78, 5) is 22.8. The van der Waals surface area contributed by atoms with Crippen molar-refractivity contribution >= 4 is 17.6 Å². The van der Waals surface area contributed by atoms with Crippen molar-refractivity contribution in [1.29, 1.82) is 0 Å². The summed E-state index contributed by atoms with van der Waals surface area (Å²) in [7, 11) is 0. The first-order valence-corrected chi connectivity index (χ1v) is 6.48. The molecule has 1 aliphatic carbocycles. The predicted octanol–water partition coefficient (Wildman–Crippen LogP) is 3.14. The topological polar surface area (TPSA) is 66.4 Å². The molecule has 2 N–H and O–H groups in total. The van der Waals surface area contributed by atoms with E-state index in [1.54, 1.807) is 0 Å². The van der Waals surface area contributed by atoms with E-state index in [-0.39, 0.29) is 12.1 Å². The summed E-state index contributed by atoms with van der Waals surface area (Å²) >= 11 is 0. The van der Waals surface area contributed by atoms with Crippen LogP contribution in [0.5, 0.6) is 0 Å². The highest BCUT2D eigenvalue weighted by molar-refractivity contribution is 5.93. The Bertz CT molecular complexity index is 557. The van der Waals surface area contributed by atoms with Crippen LogP contribution in [0.2, 0.25) is 0 Å². The van der Waals surface area contributed by atoms with E-state index in [9.17, 15) is 22.8 Å². The van der Waals surface area contributed by atoms with E-state index in [1.165, 1.54) is 12.1 Å². The van der Waals surface area contributed by atoms with Gasteiger partial charge in [-0.25, -0.2) is 0 Å². The molecule has 0 bridgehead atoms. The Morgan fingerprint density at radius 3 is 2.43 bits per heavy atom. The second-order valence-corrected chi connectivity index (χ2v) is 5.11. The molecular weight excluding hydrogens is 287 g/mol. The molecule has 0 unspecified atom stereocenters. The highest BCUT2D eigenvalue weighted by Crippen LogP contribution is 2.33. The lowest BCUT2D eigenvalue weighted by Gasteiger charge is -2.12. The van der Waals surface area contributed by atoms with Gasteiger partial charge in [0.05, 0.1) is 11.5 Å². The number of carbonyl (C=O) groups is 2. The fourth-order valence-electron chi connectivity index (χ4n) is 2.46. The predicted molar refractivity (Wildman–Crippen MR) is 68.5 cm³/mol. The van der Waals surface area contributed by atoms with Gasteiger partial charge in [0.25, 0.3) is 0 Å². The number of anilines is 1. The number of carboxylic acids is 1. The van der Waals surface area contributed by atoms with E-state index >= 15 is 0 Å². The van der Waals surface area contributed by atoms with Crippen LogP contribution in [-0.4, -0.2) is 17.0 Å². The molecule has 0 saturated heterocycles. The van der Waals surface area contributed by atoms with E-state index in [0.29, 0.717) is 12.8 Å². The maximum absolute atomic E-state index is 12.6. The Balaban J connectivity index is 2.02. The van der Waals surface area contributed by atoms with E-state index < -0.39 is 35.5 Å². The van der Waals surface area contributed by atoms with Gasteiger partial charge in [-0.3, -0.25) is 9.59 Å². The molecule has 0 radical (unpaired) electrons. The Hall–Kier alpha value is -2.05. The van der Waals surface area contributed by atoms with E-state index in [0.717, 1.165) is 12.1 Å². The molecule has 1 fully saturated rings. The van der Waals surface area contributed by atoms with Crippen molar-refractivity contribution in [2.45, 2.75) is 25.4 Å². The van der Waals surface area contributed by atoms with Gasteiger partial charge in [0.2, 0.25) is 5.91 Å². The van der Waals surface area contributed by atoms with Crippen molar-refractivity contribution in [3.05, 3.63) is 29.8 Å². The average Bonchev–Trinajstić information content (AvgIpc) is 2.88. The molecule has 1 saturated carbocycles. The molecule has 1 aliphatic rings. The van der Waals surface area contributed by atoms with Crippen molar-refractivity contribution in [3.63, 3.8) is 0 Å². The maximum Gasteiger partial charge on any atom is 0.416 e. The number of rotatable bonds is 3. The van der Waals surface area contributed by atoms with Crippen molar-refractivity contribution < 1.29 is 27.9 Å². The fraction of sp³-hybridized carbons (Fsp3) is 0.429. The molecule has 2 rings (SSSR count). The van der Waals surface area contributed by atoms with Crippen LogP contribution >= 0.6 is 0 Å². The van der Waals surface area contributed by atoms with Crippen LogP contribution in [0.15, 0.2) is 24.3 Å². The van der Waals surface area contributed by atoms with Gasteiger partial charge in [-0.15, -0.1) is 0 Å². The quantitative estimate of drug-likeness (QED) is 0.901. The largest absolute Gasteiger partial charge is 0.481 e. The number of hydrogen-bond donors (Lipinski definition) is 2. The monoisotopic (exact) mass is 301 g/mol.